The highest BCUT2D eigenvalue weighted by Gasteiger charge is 2.50. The lowest BCUT2D eigenvalue weighted by atomic mass is 9.84. The lowest BCUT2D eigenvalue weighted by molar-refractivity contribution is -0.144. The number of carbonyl (C=O) groups excluding carboxylic acids is 1. The zero-order chi connectivity index (χ0) is 11.0. The molecule has 5 heteroatoms. The van der Waals surface area contributed by atoms with E-state index >= 15 is 0 Å². The van der Waals surface area contributed by atoms with Crippen LogP contribution >= 0.6 is 0 Å². The molecule has 0 heterocycles. The van der Waals surface area contributed by atoms with Crippen LogP contribution in [0.2, 0.25) is 0 Å². The van der Waals surface area contributed by atoms with Gasteiger partial charge in [0.05, 0.1) is 12.5 Å². The zero-order valence-electron chi connectivity index (χ0n) is 8.48. The minimum Gasteiger partial charge on any atom is -0.481 e. The van der Waals surface area contributed by atoms with Gasteiger partial charge in [-0.15, -0.1) is 0 Å². The van der Waals surface area contributed by atoms with Crippen LogP contribution in [0.15, 0.2) is 0 Å². The van der Waals surface area contributed by atoms with Crippen molar-refractivity contribution in [2.45, 2.75) is 25.3 Å². The molecule has 4 unspecified atom stereocenters. The molecule has 2 saturated carbocycles. The molecule has 15 heavy (non-hydrogen) atoms. The summed E-state index contributed by atoms with van der Waals surface area (Å²) in [7, 11) is 0. The van der Waals surface area contributed by atoms with Crippen LogP contribution in [0.4, 0.5) is 0 Å². The van der Waals surface area contributed by atoms with Gasteiger partial charge in [0.15, 0.2) is 0 Å². The lowest BCUT2D eigenvalue weighted by Gasteiger charge is -2.28. The summed E-state index contributed by atoms with van der Waals surface area (Å²) in [5, 5.41) is 12.1. The maximum atomic E-state index is 11.1. The Bertz CT molecular complexity index is 292. The second-order valence-corrected chi connectivity index (χ2v) is 4.57. The summed E-state index contributed by atoms with van der Waals surface area (Å²) in [6.07, 6.45) is 3.06. The van der Waals surface area contributed by atoms with Gasteiger partial charge in [-0.3, -0.25) is 9.59 Å². The van der Waals surface area contributed by atoms with Crippen LogP contribution in [0.1, 0.15) is 19.3 Å². The number of aliphatic carboxylic acids is 1. The normalized spacial score (nSPS) is 38.1. The molecule has 0 spiro atoms. The number of primary amides is 1. The summed E-state index contributed by atoms with van der Waals surface area (Å²) in [5.74, 6) is -0.803. The van der Waals surface area contributed by atoms with Crippen LogP contribution in [0.3, 0.4) is 0 Å². The fraction of sp³-hybridized carbons (Fsp3) is 0.800. The molecular weight excluding hydrogens is 196 g/mol. The molecule has 2 aliphatic carbocycles. The minimum absolute atomic E-state index is 0.0613. The fourth-order valence-corrected chi connectivity index (χ4v) is 3.16. The van der Waals surface area contributed by atoms with E-state index in [0.717, 1.165) is 19.3 Å². The van der Waals surface area contributed by atoms with Crippen molar-refractivity contribution in [2.75, 3.05) is 6.54 Å². The third-order valence-electron chi connectivity index (χ3n) is 3.71. The Hall–Kier alpha value is -1.10. The van der Waals surface area contributed by atoms with Gasteiger partial charge in [-0.05, 0) is 31.1 Å². The van der Waals surface area contributed by atoms with E-state index in [1.165, 1.54) is 0 Å². The van der Waals surface area contributed by atoms with E-state index in [-0.39, 0.29) is 24.4 Å². The zero-order valence-corrected chi connectivity index (χ0v) is 8.48. The Labute approximate surface area is 88.0 Å². The molecule has 1 amide bonds. The number of hydrogen-bond acceptors (Lipinski definition) is 3. The topological polar surface area (TPSA) is 92.4 Å². The highest BCUT2D eigenvalue weighted by molar-refractivity contribution is 5.76. The number of carbonyl (C=O) groups is 2. The number of hydrogen-bond donors (Lipinski definition) is 3. The number of carboxylic acids is 1. The number of fused-ring (bicyclic) bond motifs is 2. The predicted octanol–water partition coefficient (Wildman–Crippen LogP) is -0.439. The maximum Gasteiger partial charge on any atom is 0.308 e. The molecule has 5 nitrogen and oxygen atoms in total. The van der Waals surface area contributed by atoms with Crippen molar-refractivity contribution in [1.29, 1.82) is 0 Å². The van der Waals surface area contributed by atoms with E-state index in [2.05, 4.69) is 5.32 Å². The first kappa shape index (κ1) is 10.4. The van der Waals surface area contributed by atoms with Crippen molar-refractivity contribution in [2.24, 2.45) is 23.5 Å². The summed E-state index contributed by atoms with van der Waals surface area (Å²) in [5.41, 5.74) is 5.04. The molecular formula is C10H16N2O3. The second kappa shape index (κ2) is 3.81. The largest absolute Gasteiger partial charge is 0.481 e. The third kappa shape index (κ3) is 1.84. The molecule has 4 N–H and O–H groups in total. The van der Waals surface area contributed by atoms with Gasteiger partial charge >= 0.3 is 5.97 Å². The van der Waals surface area contributed by atoms with Gasteiger partial charge in [-0.1, -0.05) is 0 Å². The Morgan fingerprint density at radius 3 is 2.60 bits per heavy atom. The van der Waals surface area contributed by atoms with Gasteiger partial charge in [0.25, 0.3) is 0 Å². The van der Waals surface area contributed by atoms with Crippen LogP contribution in [-0.4, -0.2) is 29.6 Å². The van der Waals surface area contributed by atoms with Gasteiger partial charge in [-0.25, -0.2) is 0 Å². The Balaban J connectivity index is 2.02. The summed E-state index contributed by atoms with van der Waals surface area (Å²) in [6, 6.07) is -0.0613. The van der Waals surface area contributed by atoms with Gasteiger partial charge in [0, 0.05) is 6.04 Å². The first-order chi connectivity index (χ1) is 7.09. The molecule has 4 atom stereocenters. The first-order valence-electron chi connectivity index (χ1n) is 5.34. The fourth-order valence-electron chi connectivity index (χ4n) is 3.16. The van der Waals surface area contributed by atoms with Crippen molar-refractivity contribution >= 4 is 11.9 Å². The molecule has 2 rings (SSSR count). The van der Waals surface area contributed by atoms with Gasteiger partial charge in [0.2, 0.25) is 5.91 Å². The third-order valence-corrected chi connectivity index (χ3v) is 3.71. The molecule has 2 aliphatic rings. The summed E-state index contributed by atoms with van der Waals surface area (Å²) in [4.78, 5) is 21.7. The smallest absolute Gasteiger partial charge is 0.308 e. The molecule has 0 saturated heterocycles. The maximum absolute atomic E-state index is 11.1. The van der Waals surface area contributed by atoms with Crippen LogP contribution in [-0.2, 0) is 9.59 Å². The van der Waals surface area contributed by atoms with Crippen molar-refractivity contribution in [3.8, 4) is 0 Å². The van der Waals surface area contributed by atoms with Crippen LogP contribution in [0.25, 0.3) is 0 Å². The summed E-state index contributed by atoms with van der Waals surface area (Å²) >= 11 is 0. The van der Waals surface area contributed by atoms with E-state index in [9.17, 15) is 9.59 Å². The highest BCUT2D eigenvalue weighted by Crippen LogP contribution is 2.48. The van der Waals surface area contributed by atoms with Crippen molar-refractivity contribution in [3.63, 3.8) is 0 Å². The molecule has 0 aromatic rings. The van der Waals surface area contributed by atoms with Crippen molar-refractivity contribution in [3.05, 3.63) is 0 Å². The van der Waals surface area contributed by atoms with Crippen LogP contribution in [0.5, 0.6) is 0 Å². The number of rotatable bonds is 4. The minimum atomic E-state index is -0.746. The second-order valence-electron chi connectivity index (χ2n) is 4.57. The quantitative estimate of drug-likeness (QED) is 0.589. The molecule has 0 aliphatic heterocycles. The summed E-state index contributed by atoms with van der Waals surface area (Å²) < 4.78 is 0. The Kier molecular flexibility index (Phi) is 2.65. The average Bonchev–Trinajstić information content (AvgIpc) is 2.72. The molecule has 0 radical (unpaired) electrons. The van der Waals surface area contributed by atoms with E-state index in [4.69, 9.17) is 10.8 Å². The SMILES string of the molecule is NC(=O)CNC1C2CCC(C2)C1C(=O)O. The number of nitrogens with one attached hydrogen (secondary N) is 1. The van der Waals surface area contributed by atoms with E-state index in [1.54, 1.807) is 0 Å². The Morgan fingerprint density at radius 1 is 1.33 bits per heavy atom. The average molecular weight is 212 g/mol. The molecule has 0 aromatic heterocycles. The van der Waals surface area contributed by atoms with E-state index in [0.29, 0.717) is 5.92 Å². The van der Waals surface area contributed by atoms with E-state index < -0.39 is 11.9 Å². The molecule has 2 bridgehead atoms. The number of amides is 1. The van der Waals surface area contributed by atoms with Gasteiger partial charge in [-0.2, -0.15) is 0 Å². The van der Waals surface area contributed by atoms with Crippen LogP contribution < -0.4 is 11.1 Å². The predicted molar refractivity (Wildman–Crippen MR) is 52.9 cm³/mol. The standard InChI is InChI=1S/C10H16N2O3/c11-7(13)4-12-9-6-2-1-5(3-6)8(9)10(14)15/h5-6,8-9,12H,1-4H2,(H2,11,13)(H,14,15). The van der Waals surface area contributed by atoms with Crippen molar-refractivity contribution < 1.29 is 14.7 Å². The number of nitrogens with two attached hydrogens (primary N) is 1. The van der Waals surface area contributed by atoms with Crippen LogP contribution in [0, 0.1) is 17.8 Å². The molecule has 2 fully saturated rings. The number of carboxylic acid groups (broad SMARTS) is 1. The Morgan fingerprint density at radius 2 is 2.00 bits per heavy atom. The lowest BCUT2D eigenvalue weighted by Crippen LogP contribution is -2.47. The van der Waals surface area contributed by atoms with Crippen molar-refractivity contribution in [1.82, 2.24) is 5.32 Å². The monoisotopic (exact) mass is 212 g/mol. The first-order valence-corrected chi connectivity index (χ1v) is 5.34. The molecule has 0 aromatic carbocycles. The molecule has 84 valence electrons. The van der Waals surface area contributed by atoms with Gasteiger partial charge < -0.3 is 16.2 Å². The van der Waals surface area contributed by atoms with Gasteiger partial charge in [0.1, 0.15) is 0 Å². The summed E-state index contributed by atoms with van der Waals surface area (Å²) in [6.45, 7) is 0.0810. The highest BCUT2D eigenvalue weighted by atomic mass is 16.4. The van der Waals surface area contributed by atoms with E-state index in [1.807, 2.05) is 0 Å².